The van der Waals surface area contributed by atoms with Gasteiger partial charge in [0.05, 0.1) is 16.9 Å². The van der Waals surface area contributed by atoms with Gasteiger partial charge < -0.3 is 5.73 Å². The van der Waals surface area contributed by atoms with Gasteiger partial charge in [0, 0.05) is 6.20 Å². The smallest absolute Gasteiger partial charge is 0.239 e. The fraction of sp³-hybridized carbons (Fsp3) is 0.250. The number of nitrogens with one attached hydrogen (secondary N) is 1. The number of aromatic nitrogens is 1. The molecular weight excluding hydrogens is 234 g/mol. The van der Waals surface area contributed by atoms with Gasteiger partial charge in [-0.25, -0.2) is 8.42 Å². The molecule has 1 heterocycles. The highest BCUT2D eigenvalue weighted by Crippen LogP contribution is 2.13. The van der Waals surface area contributed by atoms with Crippen LogP contribution in [0.25, 0.3) is 0 Å². The number of hydrogen-bond acceptors (Lipinski definition) is 4. The number of sulfonamides is 1. The van der Waals surface area contributed by atoms with Crippen molar-refractivity contribution in [1.29, 1.82) is 0 Å². The van der Waals surface area contributed by atoms with Gasteiger partial charge in [0.25, 0.3) is 0 Å². The van der Waals surface area contributed by atoms with Crippen LogP contribution in [-0.2, 0) is 10.0 Å². The van der Waals surface area contributed by atoms with Gasteiger partial charge in [-0.2, -0.15) is 0 Å². The fourth-order valence-corrected chi connectivity index (χ4v) is 2.42. The lowest BCUT2D eigenvalue weighted by atomic mass is 10.3. The molecule has 1 rings (SSSR count). The molecule has 0 aliphatic heterocycles. The molecule has 1 aromatic rings. The maximum atomic E-state index is 11.5. The Bertz CT molecular complexity index is 471. The molecular formula is C8H11N3O2S2. The molecule has 0 unspecified atom stereocenters. The maximum absolute atomic E-state index is 11.5. The minimum atomic E-state index is -3.51. The van der Waals surface area contributed by atoms with Crippen LogP contribution >= 0.6 is 12.2 Å². The van der Waals surface area contributed by atoms with E-state index in [9.17, 15) is 8.42 Å². The molecule has 5 nitrogen and oxygen atoms in total. The summed E-state index contributed by atoms with van der Waals surface area (Å²) in [5, 5.41) is 0. The van der Waals surface area contributed by atoms with E-state index < -0.39 is 10.0 Å². The van der Waals surface area contributed by atoms with Crippen molar-refractivity contribution in [3.8, 4) is 0 Å². The first-order valence-corrected chi connectivity index (χ1v) is 6.16. The molecule has 0 spiro atoms. The highest BCUT2D eigenvalue weighted by Gasteiger charge is 2.12. The lowest BCUT2D eigenvalue weighted by Crippen LogP contribution is -2.26. The SMILES string of the molecule is Cc1ccncc1NS(=O)(=O)CC(N)=S. The molecule has 0 fully saturated rings. The van der Waals surface area contributed by atoms with Crippen molar-refractivity contribution in [3.63, 3.8) is 0 Å². The number of rotatable bonds is 4. The topological polar surface area (TPSA) is 85.1 Å². The van der Waals surface area contributed by atoms with Crippen molar-refractivity contribution in [3.05, 3.63) is 24.0 Å². The van der Waals surface area contributed by atoms with Crippen LogP contribution in [0.4, 0.5) is 5.69 Å². The molecule has 0 aliphatic carbocycles. The Kier molecular flexibility index (Phi) is 3.59. The normalized spacial score (nSPS) is 11.0. The van der Waals surface area contributed by atoms with Crippen LogP contribution in [0.5, 0.6) is 0 Å². The van der Waals surface area contributed by atoms with Crippen LogP contribution in [0.15, 0.2) is 18.5 Å². The predicted molar refractivity (Wildman–Crippen MR) is 63.2 cm³/mol. The number of aryl methyl sites for hydroxylation is 1. The number of anilines is 1. The lowest BCUT2D eigenvalue weighted by Gasteiger charge is -2.08. The Labute approximate surface area is 93.8 Å². The number of hydrogen-bond donors (Lipinski definition) is 2. The highest BCUT2D eigenvalue weighted by molar-refractivity contribution is 7.95. The van der Waals surface area contributed by atoms with Crippen molar-refractivity contribution < 1.29 is 8.42 Å². The third kappa shape index (κ3) is 3.80. The monoisotopic (exact) mass is 245 g/mol. The minimum absolute atomic E-state index is 0.0657. The van der Waals surface area contributed by atoms with Gasteiger partial charge in [-0.3, -0.25) is 9.71 Å². The zero-order valence-electron chi connectivity index (χ0n) is 8.10. The molecule has 0 aliphatic rings. The van der Waals surface area contributed by atoms with E-state index in [1.54, 1.807) is 19.2 Å². The molecule has 1 aromatic heterocycles. The van der Waals surface area contributed by atoms with Gasteiger partial charge in [-0.1, -0.05) is 12.2 Å². The summed E-state index contributed by atoms with van der Waals surface area (Å²) in [5.41, 5.74) is 6.39. The maximum Gasteiger partial charge on any atom is 0.239 e. The number of nitrogens with zero attached hydrogens (tertiary/aromatic N) is 1. The summed E-state index contributed by atoms with van der Waals surface area (Å²) in [4.78, 5) is 3.75. The van der Waals surface area contributed by atoms with Crippen LogP contribution in [0.2, 0.25) is 0 Å². The van der Waals surface area contributed by atoms with Crippen molar-refractivity contribution in [2.24, 2.45) is 5.73 Å². The van der Waals surface area contributed by atoms with Crippen LogP contribution < -0.4 is 10.5 Å². The van der Waals surface area contributed by atoms with E-state index >= 15 is 0 Å². The molecule has 15 heavy (non-hydrogen) atoms. The Morgan fingerprint density at radius 1 is 1.67 bits per heavy atom. The summed E-state index contributed by atoms with van der Waals surface area (Å²) in [6.45, 7) is 1.78. The quantitative estimate of drug-likeness (QED) is 0.751. The first-order chi connectivity index (χ1) is 6.91. The molecule has 0 saturated carbocycles. The van der Waals surface area contributed by atoms with E-state index in [2.05, 4.69) is 21.9 Å². The lowest BCUT2D eigenvalue weighted by molar-refractivity contribution is 0.605. The standard InChI is InChI=1S/C8H11N3O2S2/c1-6-2-3-10-4-7(6)11-15(12,13)5-8(9)14/h2-4,11H,5H2,1H3,(H2,9,14). The van der Waals surface area contributed by atoms with E-state index in [1.807, 2.05) is 0 Å². The summed E-state index contributed by atoms with van der Waals surface area (Å²) < 4.78 is 25.3. The van der Waals surface area contributed by atoms with Gasteiger partial charge in [0.1, 0.15) is 5.75 Å². The molecule has 7 heteroatoms. The van der Waals surface area contributed by atoms with E-state index in [0.717, 1.165) is 5.56 Å². The first kappa shape index (κ1) is 11.9. The van der Waals surface area contributed by atoms with Gasteiger partial charge in [-0.05, 0) is 18.6 Å². The summed E-state index contributed by atoms with van der Waals surface area (Å²) in [6.07, 6.45) is 3.02. The molecule has 82 valence electrons. The first-order valence-electron chi connectivity index (χ1n) is 4.10. The molecule has 0 aromatic carbocycles. The third-order valence-corrected chi connectivity index (χ3v) is 3.19. The molecule has 0 saturated heterocycles. The van der Waals surface area contributed by atoms with Crippen LogP contribution in [0.3, 0.4) is 0 Å². The number of thiocarbonyl (C=S) groups is 1. The highest BCUT2D eigenvalue weighted by atomic mass is 32.2. The summed E-state index contributed by atoms with van der Waals surface area (Å²) in [6, 6.07) is 1.71. The van der Waals surface area contributed by atoms with Crippen molar-refractivity contribution >= 4 is 32.9 Å². The Morgan fingerprint density at radius 3 is 2.87 bits per heavy atom. The van der Waals surface area contributed by atoms with E-state index in [0.29, 0.717) is 5.69 Å². The van der Waals surface area contributed by atoms with Crippen molar-refractivity contribution in [2.75, 3.05) is 10.5 Å². The second-order valence-electron chi connectivity index (χ2n) is 3.02. The zero-order valence-corrected chi connectivity index (χ0v) is 9.73. The van der Waals surface area contributed by atoms with E-state index in [4.69, 9.17) is 5.73 Å². The Balaban J connectivity index is 2.87. The average molecular weight is 245 g/mol. The minimum Gasteiger partial charge on any atom is -0.392 e. The summed E-state index contributed by atoms with van der Waals surface area (Å²) >= 11 is 4.54. The average Bonchev–Trinajstić information content (AvgIpc) is 2.06. The van der Waals surface area contributed by atoms with Crippen LogP contribution in [0.1, 0.15) is 5.56 Å². The zero-order chi connectivity index (χ0) is 11.5. The van der Waals surface area contributed by atoms with E-state index in [-0.39, 0.29) is 10.7 Å². The predicted octanol–water partition coefficient (Wildman–Crippen LogP) is 0.418. The fourth-order valence-electron chi connectivity index (χ4n) is 0.962. The molecule has 0 radical (unpaired) electrons. The van der Waals surface area contributed by atoms with Gasteiger partial charge in [0.15, 0.2) is 0 Å². The van der Waals surface area contributed by atoms with E-state index in [1.165, 1.54) is 6.20 Å². The van der Waals surface area contributed by atoms with Gasteiger partial charge >= 0.3 is 0 Å². The van der Waals surface area contributed by atoms with Gasteiger partial charge in [0.2, 0.25) is 10.0 Å². The Morgan fingerprint density at radius 2 is 2.33 bits per heavy atom. The number of pyridine rings is 1. The van der Waals surface area contributed by atoms with Gasteiger partial charge in [-0.15, -0.1) is 0 Å². The largest absolute Gasteiger partial charge is 0.392 e. The molecule has 0 atom stereocenters. The second kappa shape index (κ2) is 4.54. The van der Waals surface area contributed by atoms with Crippen molar-refractivity contribution in [2.45, 2.75) is 6.92 Å². The number of nitrogens with two attached hydrogens (primary N) is 1. The molecule has 0 amide bonds. The van der Waals surface area contributed by atoms with Crippen molar-refractivity contribution in [1.82, 2.24) is 4.98 Å². The summed E-state index contributed by atoms with van der Waals surface area (Å²) in [5.74, 6) is -0.364. The second-order valence-corrected chi connectivity index (χ2v) is 5.26. The van der Waals surface area contributed by atoms with Crippen LogP contribution in [0, 0.1) is 6.92 Å². The molecule has 3 N–H and O–H groups in total. The third-order valence-electron chi connectivity index (χ3n) is 1.64. The Hall–Kier alpha value is -1.21. The molecule has 0 bridgehead atoms. The van der Waals surface area contributed by atoms with Crippen LogP contribution in [-0.4, -0.2) is 24.1 Å². The summed E-state index contributed by atoms with van der Waals surface area (Å²) in [7, 11) is -3.51.